The van der Waals surface area contributed by atoms with Crippen LogP contribution in [0.5, 0.6) is 0 Å². The molecule has 2 rings (SSSR count). The van der Waals surface area contributed by atoms with Gasteiger partial charge in [-0.15, -0.1) is 12.4 Å². The molecule has 21 heavy (non-hydrogen) atoms. The first-order chi connectivity index (χ1) is 9.79. The zero-order valence-corrected chi connectivity index (χ0v) is 13.2. The number of amides is 1. The van der Waals surface area contributed by atoms with Crippen LogP contribution < -0.4 is 10.6 Å². The van der Waals surface area contributed by atoms with Crippen molar-refractivity contribution in [1.29, 1.82) is 0 Å². The molecule has 1 aliphatic rings. The van der Waals surface area contributed by atoms with E-state index in [0.717, 1.165) is 38.3 Å². The second-order valence-corrected chi connectivity index (χ2v) is 4.98. The summed E-state index contributed by atoms with van der Waals surface area (Å²) in [6.07, 6.45) is 0. The van der Waals surface area contributed by atoms with Crippen LogP contribution in [-0.4, -0.2) is 57.2 Å². The monoisotopic (exact) mass is 313 g/mol. The van der Waals surface area contributed by atoms with Gasteiger partial charge in [0.05, 0.1) is 6.61 Å². The van der Waals surface area contributed by atoms with E-state index in [1.165, 1.54) is 0 Å². The van der Waals surface area contributed by atoms with Crippen molar-refractivity contribution >= 4 is 18.3 Å². The van der Waals surface area contributed by atoms with Gasteiger partial charge in [-0.3, -0.25) is 9.69 Å². The number of halogens is 1. The van der Waals surface area contributed by atoms with Gasteiger partial charge >= 0.3 is 0 Å². The molecule has 0 aromatic heterocycles. The fourth-order valence-electron chi connectivity index (χ4n) is 2.33. The molecule has 1 fully saturated rings. The van der Waals surface area contributed by atoms with Crippen LogP contribution in [0.1, 0.15) is 15.9 Å². The van der Waals surface area contributed by atoms with Crippen LogP contribution >= 0.6 is 12.4 Å². The molecule has 1 saturated heterocycles. The Kier molecular flexibility index (Phi) is 8.30. The van der Waals surface area contributed by atoms with Gasteiger partial charge in [-0.2, -0.15) is 0 Å². The number of piperazine rings is 1. The van der Waals surface area contributed by atoms with E-state index in [9.17, 15) is 4.79 Å². The third-order valence-corrected chi connectivity index (χ3v) is 3.42. The third kappa shape index (κ3) is 6.01. The Bertz CT molecular complexity index is 437. The molecular weight excluding hydrogens is 290 g/mol. The molecule has 1 aliphatic heterocycles. The maximum absolute atomic E-state index is 12.1. The number of nitrogens with zero attached hydrogens (tertiary/aromatic N) is 1. The number of hydrogen-bond acceptors (Lipinski definition) is 4. The number of ether oxygens (including phenoxy) is 1. The second-order valence-electron chi connectivity index (χ2n) is 4.98. The molecule has 6 heteroatoms. The van der Waals surface area contributed by atoms with Crippen molar-refractivity contribution in [2.24, 2.45) is 0 Å². The summed E-state index contributed by atoms with van der Waals surface area (Å²) in [5.41, 5.74) is 1.71. The number of carbonyl (C=O) groups excluding carboxylic acids is 1. The largest absolute Gasteiger partial charge is 0.380 e. The van der Waals surface area contributed by atoms with Crippen molar-refractivity contribution in [2.45, 2.75) is 6.61 Å². The fourth-order valence-corrected chi connectivity index (χ4v) is 2.33. The SMILES string of the molecule is COCc1cccc(C(=O)NCCN2CCNCC2)c1.Cl. The van der Waals surface area contributed by atoms with Gasteiger partial charge in [0, 0.05) is 51.9 Å². The molecule has 2 N–H and O–H groups in total. The Morgan fingerprint density at radius 2 is 2.14 bits per heavy atom. The van der Waals surface area contributed by atoms with Crippen molar-refractivity contribution < 1.29 is 9.53 Å². The lowest BCUT2D eigenvalue weighted by molar-refractivity contribution is 0.0947. The highest BCUT2D eigenvalue weighted by Crippen LogP contribution is 2.06. The van der Waals surface area contributed by atoms with Gasteiger partial charge in [0.2, 0.25) is 0 Å². The minimum Gasteiger partial charge on any atom is -0.380 e. The zero-order chi connectivity index (χ0) is 14.2. The molecule has 0 unspecified atom stereocenters. The zero-order valence-electron chi connectivity index (χ0n) is 12.4. The Labute approximate surface area is 132 Å². The minimum absolute atomic E-state index is 0. The third-order valence-electron chi connectivity index (χ3n) is 3.42. The lowest BCUT2D eigenvalue weighted by atomic mass is 10.1. The van der Waals surface area contributed by atoms with Crippen LogP contribution in [0.3, 0.4) is 0 Å². The maximum Gasteiger partial charge on any atom is 0.251 e. The molecule has 1 aromatic rings. The molecule has 1 amide bonds. The normalized spacial score (nSPS) is 15.3. The standard InChI is InChI=1S/C15H23N3O2.ClH/c1-20-12-13-3-2-4-14(11-13)15(19)17-7-10-18-8-5-16-6-9-18;/h2-4,11,16H,5-10,12H2,1H3,(H,17,19);1H. The van der Waals surface area contributed by atoms with Crippen molar-refractivity contribution in [3.8, 4) is 0 Å². The molecule has 0 aliphatic carbocycles. The Morgan fingerprint density at radius 1 is 1.38 bits per heavy atom. The summed E-state index contributed by atoms with van der Waals surface area (Å²) in [5, 5.41) is 6.29. The summed E-state index contributed by atoms with van der Waals surface area (Å²) in [5.74, 6) is -0.0157. The van der Waals surface area contributed by atoms with Crippen LogP contribution in [0.2, 0.25) is 0 Å². The Morgan fingerprint density at radius 3 is 2.86 bits per heavy atom. The topological polar surface area (TPSA) is 53.6 Å². The van der Waals surface area contributed by atoms with E-state index < -0.39 is 0 Å². The summed E-state index contributed by atoms with van der Waals surface area (Å²) in [7, 11) is 1.65. The quantitative estimate of drug-likeness (QED) is 0.819. The average Bonchev–Trinajstić information content (AvgIpc) is 2.49. The van der Waals surface area contributed by atoms with Gasteiger partial charge < -0.3 is 15.4 Å². The molecule has 0 bridgehead atoms. The van der Waals surface area contributed by atoms with E-state index in [-0.39, 0.29) is 18.3 Å². The van der Waals surface area contributed by atoms with E-state index >= 15 is 0 Å². The van der Waals surface area contributed by atoms with E-state index in [1.54, 1.807) is 7.11 Å². The number of rotatable bonds is 6. The molecule has 1 heterocycles. The van der Waals surface area contributed by atoms with Gasteiger partial charge in [-0.05, 0) is 17.7 Å². The Balaban J connectivity index is 0.00000220. The summed E-state index contributed by atoms with van der Waals surface area (Å²) in [6.45, 7) is 6.30. The van der Waals surface area contributed by atoms with E-state index in [4.69, 9.17) is 4.74 Å². The number of carbonyl (C=O) groups is 1. The van der Waals surface area contributed by atoms with Gasteiger partial charge in [0.15, 0.2) is 0 Å². The lowest BCUT2D eigenvalue weighted by Crippen LogP contribution is -2.46. The Hall–Kier alpha value is -1.14. The molecule has 0 spiro atoms. The van der Waals surface area contributed by atoms with Crippen LogP contribution in [-0.2, 0) is 11.3 Å². The molecule has 0 radical (unpaired) electrons. The summed E-state index contributed by atoms with van der Waals surface area (Å²) >= 11 is 0. The van der Waals surface area contributed by atoms with Crippen molar-refractivity contribution in [3.05, 3.63) is 35.4 Å². The van der Waals surface area contributed by atoms with Crippen LogP contribution in [0.4, 0.5) is 0 Å². The summed E-state index contributed by atoms with van der Waals surface area (Å²) in [4.78, 5) is 14.4. The summed E-state index contributed by atoms with van der Waals surface area (Å²) in [6, 6.07) is 7.56. The molecule has 1 aromatic carbocycles. The second kappa shape index (κ2) is 9.73. The van der Waals surface area contributed by atoms with Crippen molar-refractivity contribution in [2.75, 3.05) is 46.4 Å². The lowest BCUT2D eigenvalue weighted by Gasteiger charge is -2.27. The highest BCUT2D eigenvalue weighted by molar-refractivity contribution is 5.94. The maximum atomic E-state index is 12.1. The van der Waals surface area contributed by atoms with Crippen LogP contribution in [0.25, 0.3) is 0 Å². The molecule has 0 saturated carbocycles. The first-order valence-corrected chi connectivity index (χ1v) is 7.09. The number of methoxy groups -OCH3 is 1. The molecule has 5 nitrogen and oxygen atoms in total. The van der Waals surface area contributed by atoms with Crippen LogP contribution in [0.15, 0.2) is 24.3 Å². The summed E-state index contributed by atoms with van der Waals surface area (Å²) < 4.78 is 5.08. The van der Waals surface area contributed by atoms with E-state index in [2.05, 4.69) is 15.5 Å². The predicted molar refractivity (Wildman–Crippen MR) is 86.0 cm³/mol. The fraction of sp³-hybridized carbons (Fsp3) is 0.533. The van der Waals surface area contributed by atoms with Crippen molar-refractivity contribution in [3.63, 3.8) is 0 Å². The van der Waals surface area contributed by atoms with Gasteiger partial charge in [0.25, 0.3) is 5.91 Å². The smallest absolute Gasteiger partial charge is 0.251 e. The number of hydrogen-bond donors (Lipinski definition) is 2. The molecule has 0 atom stereocenters. The first kappa shape index (κ1) is 17.9. The van der Waals surface area contributed by atoms with Gasteiger partial charge in [-0.25, -0.2) is 0 Å². The first-order valence-electron chi connectivity index (χ1n) is 7.09. The van der Waals surface area contributed by atoms with Gasteiger partial charge in [-0.1, -0.05) is 12.1 Å². The average molecular weight is 314 g/mol. The predicted octanol–water partition coefficient (Wildman–Crippen LogP) is 0.890. The van der Waals surface area contributed by atoms with Crippen molar-refractivity contribution in [1.82, 2.24) is 15.5 Å². The van der Waals surface area contributed by atoms with Gasteiger partial charge in [0.1, 0.15) is 0 Å². The molecule has 118 valence electrons. The highest BCUT2D eigenvalue weighted by Gasteiger charge is 2.10. The van der Waals surface area contributed by atoms with E-state index in [0.29, 0.717) is 18.7 Å². The number of nitrogens with one attached hydrogen (secondary N) is 2. The number of benzene rings is 1. The minimum atomic E-state index is -0.0157. The molecular formula is C15H24ClN3O2. The van der Waals surface area contributed by atoms with E-state index in [1.807, 2.05) is 24.3 Å². The highest BCUT2D eigenvalue weighted by atomic mass is 35.5. The van der Waals surface area contributed by atoms with Crippen LogP contribution in [0, 0.1) is 0 Å².